The summed E-state index contributed by atoms with van der Waals surface area (Å²) in [6.07, 6.45) is 2.96. The van der Waals surface area contributed by atoms with Gasteiger partial charge in [-0.15, -0.1) is 0 Å². The Labute approximate surface area is 170 Å². The van der Waals surface area contributed by atoms with Gasteiger partial charge in [-0.25, -0.2) is 0 Å². The van der Waals surface area contributed by atoms with Gasteiger partial charge in [-0.3, -0.25) is 9.80 Å². The van der Waals surface area contributed by atoms with Crippen LogP contribution < -0.4 is 14.5 Å². The van der Waals surface area contributed by atoms with Crippen LogP contribution in [-0.4, -0.2) is 42.8 Å². The van der Waals surface area contributed by atoms with Crippen LogP contribution in [0.2, 0.25) is 0 Å². The predicted molar refractivity (Wildman–Crippen MR) is 112 cm³/mol. The second kappa shape index (κ2) is 7.43. The Hall–Kier alpha value is -3.02. The van der Waals surface area contributed by atoms with Crippen LogP contribution in [-0.2, 0) is 0 Å². The zero-order chi connectivity index (χ0) is 19.8. The van der Waals surface area contributed by atoms with Crippen molar-refractivity contribution < 1.29 is 14.3 Å². The first-order valence-electron chi connectivity index (χ1n) is 10.3. The molecule has 1 atom stereocenters. The summed E-state index contributed by atoms with van der Waals surface area (Å²) in [7, 11) is 0. The minimum absolute atomic E-state index is 0.0730. The predicted octanol–water partition coefficient (Wildman–Crippen LogP) is 4.02. The summed E-state index contributed by atoms with van der Waals surface area (Å²) in [5.41, 5.74) is 4.00. The fourth-order valence-electron chi connectivity index (χ4n) is 4.33. The Bertz CT molecular complexity index is 954. The van der Waals surface area contributed by atoms with E-state index < -0.39 is 0 Å². The number of ether oxygens (including phenoxy) is 2. The van der Waals surface area contributed by atoms with Crippen LogP contribution in [0.1, 0.15) is 48.1 Å². The quantitative estimate of drug-likeness (QED) is 0.793. The number of amides is 1. The Kier molecular flexibility index (Phi) is 4.62. The molecule has 0 radical (unpaired) electrons. The van der Waals surface area contributed by atoms with E-state index in [2.05, 4.69) is 11.2 Å². The molecular formula is C23H25N3O3. The van der Waals surface area contributed by atoms with Crippen molar-refractivity contribution in [2.24, 2.45) is 5.10 Å². The number of nitrogens with zero attached hydrogens (tertiary/aromatic N) is 3. The molecule has 150 valence electrons. The van der Waals surface area contributed by atoms with Crippen molar-refractivity contribution in [2.45, 2.75) is 32.2 Å². The van der Waals surface area contributed by atoms with Gasteiger partial charge in [0.2, 0.25) is 0 Å². The average Bonchev–Trinajstić information content (AvgIpc) is 3.42. The van der Waals surface area contributed by atoms with E-state index in [1.807, 2.05) is 53.2 Å². The number of carbonyl (C=O) groups is 1. The van der Waals surface area contributed by atoms with E-state index >= 15 is 0 Å². The summed E-state index contributed by atoms with van der Waals surface area (Å²) in [6, 6.07) is 13.9. The summed E-state index contributed by atoms with van der Waals surface area (Å²) in [5.74, 6) is 1.64. The van der Waals surface area contributed by atoms with E-state index in [1.165, 1.54) is 0 Å². The normalized spacial score (nSPS) is 20.7. The SMILES string of the molecule is CC1=NN(c2ccc(C(=O)N3CCCC3c3ccc4c(c3)OCCO4)cc2)CC1. The minimum Gasteiger partial charge on any atom is -0.486 e. The Morgan fingerprint density at radius 3 is 2.59 bits per heavy atom. The second-order valence-corrected chi connectivity index (χ2v) is 7.81. The molecule has 6 nitrogen and oxygen atoms in total. The van der Waals surface area contributed by atoms with E-state index in [1.54, 1.807) is 0 Å². The maximum Gasteiger partial charge on any atom is 0.254 e. The van der Waals surface area contributed by atoms with Gasteiger partial charge in [-0.1, -0.05) is 6.07 Å². The molecule has 3 aliphatic heterocycles. The van der Waals surface area contributed by atoms with E-state index in [0.717, 1.165) is 66.4 Å². The van der Waals surface area contributed by atoms with Gasteiger partial charge in [0, 0.05) is 30.8 Å². The van der Waals surface area contributed by atoms with Gasteiger partial charge < -0.3 is 14.4 Å². The molecule has 0 spiro atoms. The number of carbonyl (C=O) groups excluding carboxylic acids is 1. The molecule has 0 aromatic heterocycles. The molecule has 5 rings (SSSR count). The molecule has 0 aliphatic carbocycles. The van der Waals surface area contributed by atoms with Gasteiger partial charge in [0.05, 0.1) is 11.7 Å². The average molecular weight is 391 g/mol. The van der Waals surface area contributed by atoms with Gasteiger partial charge in [0.25, 0.3) is 5.91 Å². The first-order valence-corrected chi connectivity index (χ1v) is 10.3. The van der Waals surface area contributed by atoms with Crippen molar-refractivity contribution in [1.29, 1.82) is 0 Å². The lowest BCUT2D eigenvalue weighted by Gasteiger charge is -2.27. The largest absolute Gasteiger partial charge is 0.486 e. The van der Waals surface area contributed by atoms with Crippen LogP contribution in [0.3, 0.4) is 0 Å². The number of benzene rings is 2. The molecule has 1 unspecified atom stereocenters. The highest BCUT2D eigenvalue weighted by Crippen LogP contribution is 2.38. The van der Waals surface area contributed by atoms with Gasteiger partial charge in [0.15, 0.2) is 11.5 Å². The molecule has 0 bridgehead atoms. The summed E-state index contributed by atoms with van der Waals surface area (Å²) < 4.78 is 11.4. The van der Waals surface area contributed by atoms with E-state index in [4.69, 9.17) is 9.47 Å². The molecule has 2 aromatic carbocycles. The lowest BCUT2D eigenvalue weighted by atomic mass is 10.0. The fourth-order valence-corrected chi connectivity index (χ4v) is 4.33. The fraction of sp³-hybridized carbons (Fsp3) is 0.391. The molecule has 3 heterocycles. The van der Waals surface area contributed by atoms with Crippen LogP contribution in [0.25, 0.3) is 0 Å². The highest BCUT2D eigenvalue weighted by atomic mass is 16.6. The first-order chi connectivity index (χ1) is 14.2. The highest BCUT2D eigenvalue weighted by Gasteiger charge is 2.31. The lowest BCUT2D eigenvalue weighted by Crippen LogP contribution is -2.30. The summed E-state index contributed by atoms with van der Waals surface area (Å²) >= 11 is 0. The molecule has 29 heavy (non-hydrogen) atoms. The molecule has 1 fully saturated rings. The number of hydrogen-bond donors (Lipinski definition) is 0. The van der Waals surface area contributed by atoms with Crippen molar-refractivity contribution in [2.75, 3.05) is 31.3 Å². The number of hydrazone groups is 1. The van der Waals surface area contributed by atoms with Gasteiger partial charge in [-0.05, 0) is 61.7 Å². The maximum absolute atomic E-state index is 13.2. The van der Waals surface area contributed by atoms with Crippen LogP contribution in [0.15, 0.2) is 47.6 Å². The Morgan fingerprint density at radius 1 is 1.03 bits per heavy atom. The third-order valence-electron chi connectivity index (χ3n) is 5.85. The standard InChI is InChI=1S/C23H25N3O3/c1-16-10-12-26(24-16)19-7-4-17(5-8-19)23(27)25-11-2-3-20(25)18-6-9-21-22(15-18)29-14-13-28-21/h4-9,15,20H,2-3,10-14H2,1H3. The third-order valence-corrected chi connectivity index (χ3v) is 5.85. The van der Waals surface area contributed by atoms with E-state index in [0.29, 0.717) is 13.2 Å². The number of rotatable bonds is 3. The topological polar surface area (TPSA) is 54.4 Å². The van der Waals surface area contributed by atoms with Gasteiger partial charge >= 0.3 is 0 Å². The summed E-state index contributed by atoms with van der Waals surface area (Å²) in [4.78, 5) is 15.2. The molecule has 1 saturated heterocycles. The molecule has 0 saturated carbocycles. The zero-order valence-electron chi connectivity index (χ0n) is 16.6. The van der Waals surface area contributed by atoms with Gasteiger partial charge in [-0.2, -0.15) is 5.10 Å². The number of hydrogen-bond acceptors (Lipinski definition) is 5. The lowest BCUT2D eigenvalue weighted by molar-refractivity contribution is 0.0735. The second-order valence-electron chi connectivity index (χ2n) is 7.81. The number of anilines is 1. The molecular weight excluding hydrogens is 366 g/mol. The monoisotopic (exact) mass is 391 g/mol. The molecule has 3 aliphatic rings. The molecule has 1 amide bonds. The smallest absolute Gasteiger partial charge is 0.254 e. The number of fused-ring (bicyclic) bond motifs is 1. The summed E-state index contributed by atoms with van der Waals surface area (Å²) in [6.45, 7) is 4.87. The zero-order valence-corrected chi connectivity index (χ0v) is 16.6. The molecule has 2 aromatic rings. The van der Waals surface area contributed by atoms with Crippen molar-refractivity contribution in [3.05, 3.63) is 53.6 Å². The van der Waals surface area contributed by atoms with Crippen molar-refractivity contribution in [3.8, 4) is 11.5 Å². The number of likely N-dealkylation sites (tertiary alicyclic amines) is 1. The van der Waals surface area contributed by atoms with Crippen molar-refractivity contribution in [3.63, 3.8) is 0 Å². The highest BCUT2D eigenvalue weighted by molar-refractivity contribution is 5.95. The first kappa shape index (κ1) is 18.0. The minimum atomic E-state index is 0.0730. The maximum atomic E-state index is 13.2. The summed E-state index contributed by atoms with van der Waals surface area (Å²) in [5, 5.41) is 6.53. The van der Waals surface area contributed by atoms with Crippen LogP contribution in [0.4, 0.5) is 5.69 Å². The van der Waals surface area contributed by atoms with Crippen molar-refractivity contribution in [1.82, 2.24) is 4.90 Å². The van der Waals surface area contributed by atoms with Crippen LogP contribution in [0, 0.1) is 0 Å². The molecule has 0 N–H and O–H groups in total. The van der Waals surface area contributed by atoms with Crippen LogP contribution in [0.5, 0.6) is 11.5 Å². The Balaban J connectivity index is 1.35. The Morgan fingerprint density at radius 2 is 1.83 bits per heavy atom. The molecule has 6 heteroatoms. The van der Waals surface area contributed by atoms with E-state index in [-0.39, 0.29) is 11.9 Å². The van der Waals surface area contributed by atoms with Crippen LogP contribution >= 0.6 is 0 Å². The van der Waals surface area contributed by atoms with E-state index in [9.17, 15) is 4.79 Å². The van der Waals surface area contributed by atoms with Crippen molar-refractivity contribution >= 4 is 17.3 Å². The van der Waals surface area contributed by atoms with Gasteiger partial charge in [0.1, 0.15) is 13.2 Å². The third kappa shape index (κ3) is 3.43.